The average Bonchev–Trinajstić information content (AvgIpc) is 3.51. The molecule has 0 amide bonds. The zero-order valence-corrected chi connectivity index (χ0v) is 26.5. The Kier molecular flexibility index (Phi) is 11.3. The number of benzene rings is 1. The highest BCUT2D eigenvalue weighted by Crippen LogP contribution is 2.40. The van der Waals surface area contributed by atoms with Gasteiger partial charge in [0.2, 0.25) is 0 Å². The van der Waals surface area contributed by atoms with Gasteiger partial charge in [-0.2, -0.15) is 0 Å². The van der Waals surface area contributed by atoms with Crippen molar-refractivity contribution in [2.75, 3.05) is 26.3 Å². The molecule has 3 heterocycles. The van der Waals surface area contributed by atoms with Crippen LogP contribution in [0.25, 0.3) is 11.0 Å². The number of pyridine rings is 1. The highest BCUT2D eigenvalue weighted by atomic mass is 16.5. The lowest BCUT2D eigenvalue weighted by Crippen LogP contribution is -2.44. The minimum absolute atomic E-state index is 0.0741. The second-order valence-electron chi connectivity index (χ2n) is 12.1. The quantitative estimate of drug-likeness (QED) is 0.218. The molecule has 0 aliphatic carbocycles. The van der Waals surface area contributed by atoms with Gasteiger partial charge in [-0.25, -0.2) is 9.59 Å². The largest absolute Gasteiger partial charge is 0.481 e. The van der Waals surface area contributed by atoms with Gasteiger partial charge in [0.05, 0.1) is 30.5 Å². The molecule has 1 fully saturated rings. The molecular formula is C32H44N4O9. The molecule has 3 aromatic rings. The second-order valence-corrected chi connectivity index (χ2v) is 12.1. The third-order valence-electron chi connectivity index (χ3n) is 8.48. The summed E-state index contributed by atoms with van der Waals surface area (Å²) in [5, 5.41) is 33.8. The maximum Gasteiger partial charge on any atom is 0.336 e. The van der Waals surface area contributed by atoms with Crippen LogP contribution in [-0.4, -0.2) is 89.3 Å². The van der Waals surface area contributed by atoms with Crippen LogP contribution in [0.5, 0.6) is 0 Å². The zero-order valence-electron chi connectivity index (χ0n) is 26.5. The number of likely N-dealkylation sites (tertiary alicyclic amines) is 1. The van der Waals surface area contributed by atoms with Gasteiger partial charge in [0.25, 0.3) is 0 Å². The molecule has 13 heteroatoms. The van der Waals surface area contributed by atoms with Gasteiger partial charge in [0, 0.05) is 49.1 Å². The molecule has 1 atom stereocenters. The van der Waals surface area contributed by atoms with Crippen LogP contribution >= 0.6 is 0 Å². The Labute approximate surface area is 261 Å². The summed E-state index contributed by atoms with van der Waals surface area (Å²) >= 11 is 0. The summed E-state index contributed by atoms with van der Waals surface area (Å²) in [6.45, 7) is 15.1. The monoisotopic (exact) mass is 628 g/mol. The van der Waals surface area contributed by atoms with Gasteiger partial charge >= 0.3 is 23.6 Å². The average molecular weight is 629 g/mol. The van der Waals surface area contributed by atoms with Crippen molar-refractivity contribution in [2.24, 2.45) is 5.41 Å². The summed E-state index contributed by atoms with van der Waals surface area (Å²) in [4.78, 5) is 50.9. The van der Waals surface area contributed by atoms with Crippen molar-refractivity contribution in [2.45, 2.75) is 78.1 Å². The summed E-state index contributed by atoms with van der Waals surface area (Å²) in [6.07, 6.45) is 0.703. The molecule has 0 unspecified atom stereocenters. The molecule has 1 aromatic carbocycles. The van der Waals surface area contributed by atoms with Gasteiger partial charge in [-0.15, -0.1) is 0 Å². The molecule has 0 bridgehead atoms. The highest BCUT2D eigenvalue weighted by molar-refractivity contribution is 5.88. The van der Waals surface area contributed by atoms with E-state index in [0.29, 0.717) is 26.3 Å². The van der Waals surface area contributed by atoms with Crippen LogP contribution in [0, 0.1) is 12.3 Å². The summed E-state index contributed by atoms with van der Waals surface area (Å²) < 4.78 is 9.85. The molecule has 1 saturated heterocycles. The molecule has 0 radical (unpaired) electrons. The number of rotatable bonds is 13. The van der Waals surface area contributed by atoms with Crippen LogP contribution in [0.4, 0.5) is 0 Å². The van der Waals surface area contributed by atoms with Crippen LogP contribution in [0.1, 0.15) is 58.2 Å². The van der Waals surface area contributed by atoms with Crippen LogP contribution in [0.15, 0.2) is 47.4 Å². The Hall–Kier alpha value is -4.07. The predicted octanol–water partition coefficient (Wildman–Crippen LogP) is 2.94. The minimum atomic E-state index is -2.74. The third-order valence-corrected chi connectivity index (χ3v) is 8.48. The van der Waals surface area contributed by atoms with E-state index in [-0.39, 0.29) is 16.6 Å². The number of carbonyl (C=O) groups is 3. The number of hydrogen-bond acceptors (Lipinski definition) is 8. The molecule has 13 nitrogen and oxygen atoms in total. The normalized spacial score (nSPS) is 17.2. The first-order valence-corrected chi connectivity index (χ1v) is 14.9. The maximum atomic E-state index is 13.3. The fraction of sp³-hybridized carbons (Fsp3) is 0.531. The molecule has 4 rings (SSSR count). The number of ether oxygens (including phenoxy) is 1. The number of hydrogen-bond donors (Lipinski definition) is 4. The molecule has 0 spiro atoms. The van der Waals surface area contributed by atoms with Crippen molar-refractivity contribution in [1.29, 1.82) is 0 Å². The van der Waals surface area contributed by atoms with Crippen molar-refractivity contribution in [1.82, 2.24) is 19.0 Å². The van der Waals surface area contributed by atoms with E-state index in [1.54, 1.807) is 0 Å². The standard InChI is InChI=1S/C26H36N4O2.C6H8O7/c1-6-29-22-10-8-9-11-23(22)30(24(29)31)18-26(19-32-7-2)14-15-28(17-26)25(4,5)21-13-12-20(3)27-16-21;7-3(8)1-6(13,5(11)12)2-4(9)10/h8-13,16H,6-7,14-15,17-19H2,1-5H3;13H,1-2H2,(H,7,8)(H,9,10)(H,11,12)/t26-;/m1./s1. The number of carboxylic acid groups (broad SMARTS) is 3. The van der Waals surface area contributed by atoms with Gasteiger partial charge in [-0.3, -0.25) is 28.6 Å². The Morgan fingerprint density at radius 1 is 0.978 bits per heavy atom. The summed E-state index contributed by atoms with van der Waals surface area (Å²) in [5.41, 5.74) is 1.35. The Balaban J connectivity index is 0.000000360. The summed E-state index contributed by atoms with van der Waals surface area (Å²) in [6, 6.07) is 12.4. The van der Waals surface area contributed by atoms with E-state index in [9.17, 15) is 19.2 Å². The summed E-state index contributed by atoms with van der Waals surface area (Å²) in [7, 11) is 0. The lowest BCUT2D eigenvalue weighted by Gasteiger charge is -2.38. The number of fused-ring (bicyclic) bond motifs is 1. The van der Waals surface area contributed by atoms with E-state index in [2.05, 4.69) is 41.9 Å². The van der Waals surface area contributed by atoms with E-state index in [4.69, 9.17) is 25.2 Å². The highest BCUT2D eigenvalue weighted by Gasteiger charge is 2.45. The number of aliphatic hydroxyl groups is 1. The van der Waals surface area contributed by atoms with E-state index in [1.165, 1.54) is 5.56 Å². The Bertz CT molecular complexity index is 1540. The first-order valence-electron chi connectivity index (χ1n) is 14.9. The van der Waals surface area contributed by atoms with E-state index >= 15 is 0 Å². The number of para-hydroxylation sites is 2. The Morgan fingerprint density at radius 3 is 2.07 bits per heavy atom. The van der Waals surface area contributed by atoms with E-state index in [0.717, 1.165) is 36.2 Å². The van der Waals surface area contributed by atoms with Crippen LogP contribution < -0.4 is 5.69 Å². The lowest BCUT2D eigenvalue weighted by atomic mass is 9.87. The van der Waals surface area contributed by atoms with Crippen molar-refractivity contribution < 1.29 is 39.5 Å². The minimum Gasteiger partial charge on any atom is -0.481 e. The van der Waals surface area contributed by atoms with E-state index < -0.39 is 36.4 Å². The van der Waals surface area contributed by atoms with Gasteiger partial charge in [0.1, 0.15) is 0 Å². The molecule has 246 valence electrons. The molecule has 2 aromatic heterocycles. The van der Waals surface area contributed by atoms with E-state index in [1.807, 2.05) is 54.3 Å². The molecule has 4 N–H and O–H groups in total. The first kappa shape index (κ1) is 35.4. The topological polar surface area (TPSA) is 184 Å². The molecule has 1 aliphatic heterocycles. The fourth-order valence-electron chi connectivity index (χ4n) is 5.82. The predicted molar refractivity (Wildman–Crippen MR) is 166 cm³/mol. The second kappa shape index (κ2) is 14.4. The fourth-order valence-corrected chi connectivity index (χ4v) is 5.82. The molecular weight excluding hydrogens is 584 g/mol. The third kappa shape index (κ3) is 8.16. The molecule has 1 aliphatic rings. The van der Waals surface area contributed by atoms with Crippen molar-refractivity contribution in [3.8, 4) is 0 Å². The Morgan fingerprint density at radius 2 is 1.58 bits per heavy atom. The van der Waals surface area contributed by atoms with Crippen molar-refractivity contribution in [3.05, 3.63) is 64.3 Å². The smallest absolute Gasteiger partial charge is 0.336 e. The number of nitrogens with zero attached hydrogens (tertiary/aromatic N) is 4. The first-order chi connectivity index (χ1) is 21.1. The van der Waals surface area contributed by atoms with Crippen molar-refractivity contribution in [3.63, 3.8) is 0 Å². The van der Waals surface area contributed by atoms with Gasteiger partial charge in [-0.1, -0.05) is 18.2 Å². The number of aryl methyl sites for hydroxylation is 2. The van der Waals surface area contributed by atoms with Crippen molar-refractivity contribution >= 4 is 28.9 Å². The number of carboxylic acids is 3. The summed E-state index contributed by atoms with van der Waals surface area (Å²) in [5.74, 6) is -5.02. The van der Waals surface area contributed by atoms with Crippen LogP contribution in [0.3, 0.4) is 0 Å². The lowest BCUT2D eigenvalue weighted by molar-refractivity contribution is -0.170. The molecule has 45 heavy (non-hydrogen) atoms. The SMILES string of the molecule is CCOC[C@]1(Cn2c(=O)n(CC)c3ccccc32)CCN(C(C)(C)c2ccc(C)nc2)C1.O=C(O)CC(O)(CC(=O)O)C(=O)O. The maximum absolute atomic E-state index is 13.3. The number of aliphatic carboxylic acids is 3. The number of imidazole rings is 1. The van der Waals surface area contributed by atoms with Gasteiger partial charge in [0.15, 0.2) is 5.60 Å². The molecule has 0 saturated carbocycles. The van der Waals surface area contributed by atoms with Crippen LogP contribution in [0.2, 0.25) is 0 Å². The van der Waals surface area contributed by atoms with Gasteiger partial charge < -0.3 is 25.2 Å². The zero-order chi connectivity index (χ0) is 33.6. The van der Waals surface area contributed by atoms with Crippen LogP contribution in [-0.2, 0) is 37.7 Å². The van der Waals surface area contributed by atoms with Gasteiger partial charge in [-0.05, 0) is 71.3 Å². The number of aromatic nitrogens is 3.